The van der Waals surface area contributed by atoms with Crippen LogP contribution in [0.3, 0.4) is 0 Å². The molecule has 0 unspecified atom stereocenters. The number of nitrogens with zero attached hydrogens (tertiary/aromatic N) is 2. The molecule has 5 fully saturated rings. The molecule has 2 N–H and O–H groups in total. The molecule has 0 aromatic heterocycles. The summed E-state index contributed by atoms with van der Waals surface area (Å²) in [6, 6.07) is 3.92. The third kappa shape index (κ3) is 2.15. The summed E-state index contributed by atoms with van der Waals surface area (Å²) in [6.45, 7) is 11.5. The van der Waals surface area contributed by atoms with E-state index in [-0.39, 0.29) is 17.7 Å². The van der Waals surface area contributed by atoms with Crippen molar-refractivity contribution < 1.29 is 24.2 Å². The number of amides is 2. The lowest BCUT2D eigenvalue weighted by molar-refractivity contribution is -0.206. The van der Waals surface area contributed by atoms with Gasteiger partial charge in [-0.05, 0) is 69.1 Å². The second-order valence-corrected chi connectivity index (χ2v) is 13.2. The van der Waals surface area contributed by atoms with E-state index in [0.717, 1.165) is 5.56 Å². The van der Waals surface area contributed by atoms with Crippen LogP contribution < -0.4 is 14.8 Å². The standard InChI is InChI=1S/C28H35N3O5/c1-23(2)10-12-35-20-17(36-23)8-7-16-19(20)29-21(32)27(16)14-26-15-31-11-9-25(5,34)28(31,22(33)30(26)6)13-18(26)24(27,3)4/h7-8,10,12,18,34H,9,11,13-15H2,1-6H3,(H,29,32)/t18-,25-,26+,27-,28+/m1/s1. The van der Waals surface area contributed by atoms with Gasteiger partial charge in [-0.2, -0.15) is 0 Å². The molecule has 3 spiro atoms. The van der Waals surface area contributed by atoms with Gasteiger partial charge in [0.1, 0.15) is 11.1 Å². The van der Waals surface area contributed by atoms with Crippen molar-refractivity contribution in [2.45, 2.75) is 81.6 Å². The first-order valence-corrected chi connectivity index (χ1v) is 13.0. The number of likely N-dealkylation sites (N-methyl/N-ethyl adjacent to an activating group) is 1. The molecule has 8 rings (SSSR count). The number of piperidine rings is 2. The molecule has 2 amide bonds. The molecule has 2 bridgehead atoms. The van der Waals surface area contributed by atoms with E-state index in [1.54, 1.807) is 6.26 Å². The van der Waals surface area contributed by atoms with Crippen molar-refractivity contribution in [1.82, 2.24) is 9.80 Å². The van der Waals surface area contributed by atoms with Gasteiger partial charge in [-0.15, -0.1) is 0 Å². The summed E-state index contributed by atoms with van der Waals surface area (Å²) in [5.41, 5.74) is -2.82. The molecule has 36 heavy (non-hydrogen) atoms. The minimum Gasteiger partial charge on any atom is -0.480 e. The predicted molar refractivity (Wildman–Crippen MR) is 133 cm³/mol. The third-order valence-corrected chi connectivity index (χ3v) is 11.0. The average Bonchev–Trinajstić information content (AvgIpc) is 3.25. The highest BCUT2D eigenvalue weighted by Gasteiger charge is 2.82. The lowest BCUT2D eigenvalue weighted by Crippen LogP contribution is -2.82. The predicted octanol–water partition coefficient (Wildman–Crippen LogP) is 2.80. The molecule has 1 saturated carbocycles. The minimum atomic E-state index is -1.10. The van der Waals surface area contributed by atoms with Crippen molar-refractivity contribution in [3.8, 4) is 11.5 Å². The Morgan fingerprint density at radius 2 is 1.89 bits per heavy atom. The second-order valence-electron chi connectivity index (χ2n) is 13.2. The number of fused-ring (bicyclic) bond motifs is 5. The van der Waals surface area contributed by atoms with E-state index in [9.17, 15) is 14.7 Å². The van der Waals surface area contributed by atoms with Crippen LogP contribution in [0.1, 0.15) is 59.4 Å². The highest BCUT2D eigenvalue weighted by Crippen LogP contribution is 2.73. The maximum atomic E-state index is 14.2. The summed E-state index contributed by atoms with van der Waals surface area (Å²) >= 11 is 0. The highest BCUT2D eigenvalue weighted by molar-refractivity contribution is 6.09. The summed E-state index contributed by atoms with van der Waals surface area (Å²) < 4.78 is 12.2. The second kappa shape index (κ2) is 6.10. The Hall–Kier alpha value is -2.58. The Kier molecular flexibility index (Phi) is 3.83. The van der Waals surface area contributed by atoms with Crippen molar-refractivity contribution >= 4 is 17.5 Å². The SMILES string of the molecule is CN1C(=O)[C@]23C[C@@H]4C(C)(C)[C@@]5(C[C@]41CN2CC[C@@]3(C)O)C(=O)Nc1c5ccc2c1OC=CC(C)(C)O2. The Bertz CT molecular complexity index is 1280. The van der Waals surface area contributed by atoms with Crippen LogP contribution in [0.15, 0.2) is 24.5 Å². The van der Waals surface area contributed by atoms with Gasteiger partial charge in [-0.1, -0.05) is 19.9 Å². The maximum Gasteiger partial charge on any atom is 0.246 e. The van der Waals surface area contributed by atoms with Crippen molar-refractivity contribution in [1.29, 1.82) is 0 Å². The van der Waals surface area contributed by atoms with E-state index in [4.69, 9.17) is 9.47 Å². The van der Waals surface area contributed by atoms with Gasteiger partial charge in [0, 0.05) is 20.1 Å². The molecule has 6 heterocycles. The molecule has 7 aliphatic rings. The fourth-order valence-electron chi connectivity index (χ4n) is 9.04. The Balaban J connectivity index is 1.42. The smallest absolute Gasteiger partial charge is 0.246 e. The van der Waals surface area contributed by atoms with E-state index in [2.05, 4.69) is 24.1 Å². The monoisotopic (exact) mass is 493 g/mol. The molecule has 192 valence electrons. The fourth-order valence-corrected chi connectivity index (χ4v) is 9.04. The van der Waals surface area contributed by atoms with E-state index < -0.39 is 33.1 Å². The van der Waals surface area contributed by atoms with Crippen LogP contribution in [0.25, 0.3) is 0 Å². The first-order valence-electron chi connectivity index (χ1n) is 13.0. The Morgan fingerprint density at radius 3 is 2.64 bits per heavy atom. The van der Waals surface area contributed by atoms with Crippen LogP contribution in [-0.4, -0.2) is 69.1 Å². The van der Waals surface area contributed by atoms with E-state index in [1.807, 2.05) is 50.9 Å². The van der Waals surface area contributed by atoms with E-state index in [1.165, 1.54) is 0 Å². The number of aliphatic hydroxyl groups is 1. The number of rotatable bonds is 0. The molecule has 4 saturated heterocycles. The molecule has 1 aromatic carbocycles. The number of piperazine rings is 1. The van der Waals surface area contributed by atoms with Crippen LogP contribution in [0.5, 0.6) is 11.5 Å². The zero-order chi connectivity index (χ0) is 25.7. The zero-order valence-corrected chi connectivity index (χ0v) is 21.9. The number of anilines is 1. The Morgan fingerprint density at radius 1 is 1.14 bits per heavy atom. The molecule has 1 aromatic rings. The van der Waals surface area contributed by atoms with E-state index >= 15 is 0 Å². The highest BCUT2D eigenvalue weighted by atomic mass is 16.5. The first kappa shape index (κ1) is 22.6. The molecule has 1 aliphatic carbocycles. The molecule has 0 radical (unpaired) electrons. The van der Waals surface area contributed by atoms with Crippen molar-refractivity contribution in [2.24, 2.45) is 11.3 Å². The number of benzene rings is 1. The average molecular weight is 494 g/mol. The minimum absolute atomic E-state index is 0.00925. The topological polar surface area (TPSA) is 91.3 Å². The molecular formula is C28H35N3O5. The van der Waals surface area contributed by atoms with Crippen LogP contribution in [0, 0.1) is 11.3 Å². The summed E-state index contributed by atoms with van der Waals surface area (Å²) in [4.78, 5) is 32.2. The number of carbonyl (C=O) groups is 2. The summed E-state index contributed by atoms with van der Waals surface area (Å²) in [7, 11) is 1.88. The quantitative estimate of drug-likeness (QED) is 0.578. The number of nitrogens with one attached hydrogen (secondary N) is 1. The zero-order valence-electron chi connectivity index (χ0n) is 21.9. The lowest BCUT2D eigenvalue weighted by Gasteiger charge is -2.65. The maximum absolute atomic E-state index is 14.2. The summed E-state index contributed by atoms with van der Waals surface area (Å²) in [6.07, 6.45) is 5.16. The largest absolute Gasteiger partial charge is 0.480 e. The summed E-state index contributed by atoms with van der Waals surface area (Å²) in [5, 5.41) is 14.7. The van der Waals surface area contributed by atoms with Gasteiger partial charge >= 0.3 is 0 Å². The molecule has 5 atom stereocenters. The van der Waals surface area contributed by atoms with Gasteiger partial charge in [0.2, 0.25) is 11.8 Å². The molecular weight excluding hydrogens is 458 g/mol. The van der Waals surface area contributed by atoms with Gasteiger partial charge in [0.15, 0.2) is 11.5 Å². The molecule has 8 nitrogen and oxygen atoms in total. The van der Waals surface area contributed by atoms with Crippen molar-refractivity contribution in [3.63, 3.8) is 0 Å². The van der Waals surface area contributed by atoms with Crippen molar-refractivity contribution in [3.05, 3.63) is 30.0 Å². The molecule has 8 heteroatoms. The van der Waals surface area contributed by atoms with Gasteiger partial charge < -0.3 is 24.8 Å². The number of hydrogen-bond donors (Lipinski definition) is 2. The van der Waals surface area contributed by atoms with E-state index in [0.29, 0.717) is 49.5 Å². The number of carbonyl (C=O) groups excluding carboxylic acids is 2. The normalized spacial score (nSPS) is 42.9. The first-order chi connectivity index (χ1) is 16.7. The van der Waals surface area contributed by atoms with Gasteiger partial charge in [-0.25, -0.2) is 0 Å². The third-order valence-electron chi connectivity index (χ3n) is 11.0. The van der Waals surface area contributed by atoms with Crippen LogP contribution in [-0.2, 0) is 15.0 Å². The van der Waals surface area contributed by atoms with Gasteiger partial charge in [0.05, 0.1) is 28.5 Å². The fraction of sp³-hybridized carbons (Fsp3) is 0.643. The number of ether oxygens (including phenoxy) is 2. The molecule has 6 aliphatic heterocycles. The lowest BCUT2D eigenvalue weighted by atomic mass is 9.55. The van der Waals surface area contributed by atoms with Crippen LogP contribution >= 0.6 is 0 Å². The summed E-state index contributed by atoms with van der Waals surface area (Å²) in [5.74, 6) is 1.10. The van der Waals surface area contributed by atoms with Crippen LogP contribution in [0.4, 0.5) is 5.69 Å². The van der Waals surface area contributed by atoms with Crippen LogP contribution in [0.2, 0.25) is 0 Å². The number of hydrogen-bond acceptors (Lipinski definition) is 6. The Labute approximate surface area is 211 Å². The van der Waals surface area contributed by atoms with Crippen molar-refractivity contribution in [2.75, 3.05) is 25.5 Å². The van der Waals surface area contributed by atoms with Gasteiger partial charge in [0.25, 0.3) is 0 Å². The van der Waals surface area contributed by atoms with Gasteiger partial charge in [-0.3, -0.25) is 14.5 Å².